The van der Waals surface area contributed by atoms with E-state index in [0.29, 0.717) is 23.7 Å². The first-order valence-corrected chi connectivity index (χ1v) is 9.19. The van der Waals surface area contributed by atoms with Gasteiger partial charge in [0.1, 0.15) is 5.56 Å². The number of aromatic carboxylic acids is 1. The monoisotopic (exact) mass is 378 g/mol. The van der Waals surface area contributed by atoms with Gasteiger partial charge in [-0.2, -0.15) is 0 Å². The average Bonchev–Trinajstić information content (AvgIpc) is 2.65. The van der Waals surface area contributed by atoms with Gasteiger partial charge in [0, 0.05) is 5.39 Å². The molecule has 144 valence electrons. The Morgan fingerprint density at radius 1 is 1.25 bits per heavy atom. The first-order valence-electron chi connectivity index (χ1n) is 9.19. The standard InChI is InChI=1S/C22H22N2O4/c1-22(2,3)16-10-13-11-7-5-6-8-12(11)20(28-4)24-17(13)18-14(16)9-15(21(26)27)19(25)23-18/h5-9,16H,10H2,1-4H3,(H,23,25)(H,26,27). The minimum atomic E-state index is -1.23. The fourth-order valence-corrected chi connectivity index (χ4v) is 4.12. The lowest BCUT2D eigenvalue weighted by molar-refractivity contribution is 0.0694. The molecule has 0 saturated carbocycles. The van der Waals surface area contributed by atoms with Crippen molar-refractivity contribution in [1.82, 2.24) is 9.97 Å². The number of hydrogen-bond acceptors (Lipinski definition) is 4. The Morgan fingerprint density at radius 2 is 1.93 bits per heavy atom. The van der Waals surface area contributed by atoms with Gasteiger partial charge in [-0.25, -0.2) is 9.78 Å². The average molecular weight is 378 g/mol. The van der Waals surface area contributed by atoms with Crippen LogP contribution in [0.25, 0.3) is 22.2 Å². The van der Waals surface area contributed by atoms with Gasteiger partial charge in [0.25, 0.3) is 5.56 Å². The highest BCUT2D eigenvalue weighted by Crippen LogP contribution is 2.48. The molecule has 1 aliphatic rings. The number of hydrogen-bond donors (Lipinski definition) is 2. The van der Waals surface area contributed by atoms with E-state index < -0.39 is 11.5 Å². The molecule has 0 saturated heterocycles. The van der Waals surface area contributed by atoms with E-state index in [2.05, 4.69) is 25.8 Å². The van der Waals surface area contributed by atoms with Crippen LogP contribution >= 0.6 is 0 Å². The quantitative estimate of drug-likeness (QED) is 0.704. The highest BCUT2D eigenvalue weighted by atomic mass is 16.5. The number of carboxylic acid groups (broad SMARTS) is 1. The van der Waals surface area contributed by atoms with Gasteiger partial charge in [-0.05, 0) is 46.4 Å². The van der Waals surface area contributed by atoms with E-state index >= 15 is 0 Å². The Hall–Kier alpha value is -3.15. The third-order valence-corrected chi connectivity index (χ3v) is 5.54. The van der Waals surface area contributed by atoms with Crippen molar-refractivity contribution in [1.29, 1.82) is 0 Å². The smallest absolute Gasteiger partial charge is 0.341 e. The van der Waals surface area contributed by atoms with Crippen LogP contribution < -0.4 is 10.3 Å². The van der Waals surface area contributed by atoms with Crippen molar-refractivity contribution in [3.8, 4) is 17.3 Å². The molecule has 0 bridgehead atoms. The van der Waals surface area contributed by atoms with Crippen molar-refractivity contribution < 1.29 is 14.6 Å². The Kier molecular flexibility index (Phi) is 4.03. The predicted molar refractivity (Wildman–Crippen MR) is 107 cm³/mol. The Morgan fingerprint density at radius 3 is 2.54 bits per heavy atom. The van der Waals surface area contributed by atoms with Crippen LogP contribution in [0.4, 0.5) is 0 Å². The zero-order valence-electron chi connectivity index (χ0n) is 16.3. The molecule has 0 aliphatic heterocycles. The number of rotatable bonds is 2. The maximum atomic E-state index is 12.4. The molecule has 0 fully saturated rings. The van der Waals surface area contributed by atoms with Gasteiger partial charge in [-0.15, -0.1) is 0 Å². The maximum Gasteiger partial charge on any atom is 0.341 e. The van der Waals surface area contributed by atoms with Gasteiger partial charge in [-0.3, -0.25) is 4.79 Å². The molecule has 6 nitrogen and oxygen atoms in total. The van der Waals surface area contributed by atoms with Crippen molar-refractivity contribution in [2.45, 2.75) is 33.1 Å². The first kappa shape index (κ1) is 18.2. The van der Waals surface area contributed by atoms with Crippen LogP contribution in [0.2, 0.25) is 0 Å². The molecule has 2 heterocycles. The Labute approximate surface area is 162 Å². The second-order valence-corrected chi connectivity index (χ2v) is 8.26. The summed E-state index contributed by atoms with van der Waals surface area (Å²) in [7, 11) is 1.57. The number of aromatic nitrogens is 2. The predicted octanol–water partition coefficient (Wildman–Crippen LogP) is 3.98. The summed E-state index contributed by atoms with van der Waals surface area (Å²) in [5.74, 6) is -0.715. The second kappa shape index (κ2) is 6.19. The summed E-state index contributed by atoms with van der Waals surface area (Å²) in [4.78, 5) is 31.4. The van der Waals surface area contributed by atoms with Crippen molar-refractivity contribution in [2.24, 2.45) is 5.41 Å². The molecule has 2 aromatic heterocycles. The van der Waals surface area contributed by atoms with Crippen molar-refractivity contribution >= 4 is 16.7 Å². The van der Waals surface area contributed by atoms with Crippen molar-refractivity contribution in [3.63, 3.8) is 0 Å². The SMILES string of the molecule is COc1nc2c(c3ccccc13)CC(C(C)(C)C)c1cc(C(=O)O)c(=O)[nH]c1-2. The number of aromatic amines is 1. The van der Waals surface area contributed by atoms with Crippen LogP contribution in [-0.4, -0.2) is 28.2 Å². The third kappa shape index (κ3) is 2.68. The van der Waals surface area contributed by atoms with Gasteiger partial charge in [0.15, 0.2) is 0 Å². The topological polar surface area (TPSA) is 92.3 Å². The lowest BCUT2D eigenvalue weighted by Crippen LogP contribution is -2.29. The third-order valence-electron chi connectivity index (χ3n) is 5.54. The summed E-state index contributed by atoms with van der Waals surface area (Å²) in [5, 5.41) is 11.4. The Bertz CT molecular complexity index is 1170. The lowest BCUT2D eigenvalue weighted by atomic mass is 9.69. The van der Waals surface area contributed by atoms with E-state index in [1.807, 2.05) is 24.3 Å². The molecule has 28 heavy (non-hydrogen) atoms. The van der Waals surface area contributed by atoms with Crippen LogP contribution in [0.15, 0.2) is 35.1 Å². The molecule has 4 rings (SSSR count). The molecule has 3 aromatic rings. The summed E-state index contributed by atoms with van der Waals surface area (Å²) < 4.78 is 5.50. The molecule has 1 aromatic carbocycles. The number of carboxylic acids is 1. The normalized spacial score (nSPS) is 15.8. The molecule has 6 heteroatoms. The van der Waals surface area contributed by atoms with Gasteiger partial charge in [0.2, 0.25) is 5.88 Å². The fourth-order valence-electron chi connectivity index (χ4n) is 4.12. The molecule has 1 aliphatic carbocycles. The van der Waals surface area contributed by atoms with E-state index in [1.54, 1.807) is 7.11 Å². The molecule has 0 spiro atoms. The number of pyridine rings is 2. The first-order chi connectivity index (χ1) is 13.2. The minimum Gasteiger partial charge on any atom is -0.481 e. The van der Waals surface area contributed by atoms with E-state index in [-0.39, 0.29) is 16.9 Å². The van der Waals surface area contributed by atoms with Gasteiger partial charge in [-0.1, -0.05) is 39.0 Å². The number of fused-ring (bicyclic) bond motifs is 5. The maximum absolute atomic E-state index is 12.4. The van der Waals surface area contributed by atoms with Crippen molar-refractivity contribution in [3.05, 3.63) is 57.4 Å². The number of methoxy groups -OCH3 is 1. The van der Waals surface area contributed by atoms with Crippen LogP contribution in [0.1, 0.15) is 48.2 Å². The number of ether oxygens (including phenoxy) is 1. The minimum absolute atomic E-state index is 0.0311. The number of H-pyrrole nitrogens is 1. The molecule has 0 radical (unpaired) electrons. The highest BCUT2D eigenvalue weighted by molar-refractivity contribution is 5.95. The van der Waals surface area contributed by atoms with Gasteiger partial charge >= 0.3 is 5.97 Å². The molecule has 2 N–H and O–H groups in total. The lowest BCUT2D eigenvalue weighted by Gasteiger charge is -2.36. The molecular weight excluding hydrogens is 356 g/mol. The van der Waals surface area contributed by atoms with Gasteiger partial charge < -0.3 is 14.8 Å². The molecule has 0 amide bonds. The summed E-state index contributed by atoms with van der Waals surface area (Å²) in [6.07, 6.45) is 0.703. The van der Waals surface area contributed by atoms with E-state index in [0.717, 1.165) is 21.9 Å². The summed E-state index contributed by atoms with van der Waals surface area (Å²) in [6, 6.07) is 9.43. The number of carbonyl (C=O) groups is 1. The molecular formula is C22H22N2O4. The van der Waals surface area contributed by atoms with E-state index in [4.69, 9.17) is 9.72 Å². The number of nitrogens with one attached hydrogen (secondary N) is 1. The highest BCUT2D eigenvalue weighted by Gasteiger charge is 2.36. The fraction of sp³-hybridized carbons (Fsp3) is 0.318. The van der Waals surface area contributed by atoms with Gasteiger partial charge in [0.05, 0.1) is 18.5 Å². The summed E-state index contributed by atoms with van der Waals surface area (Å²) in [6.45, 7) is 6.37. The van der Waals surface area contributed by atoms with Crippen LogP contribution in [-0.2, 0) is 6.42 Å². The van der Waals surface area contributed by atoms with Crippen LogP contribution in [0, 0.1) is 5.41 Å². The zero-order chi connectivity index (χ0) is 20.2. The summed E-state index contributed by atoms with van der Waals surface area (Å²) in [5.41, 5.74) is 2.08. The molecule has 1 atom stereocenters. The van der Waals surface area contributed by atoms with E-state index in [1.165, 1.54) is 6.07 Å². The van der Waals surface area contributed by atoms with Crippen LogP contribution in [0.3, 0.4) is 0 Å². The second-order valence-electron chi connectivity index (χ2n) is 8.26. The largest absolute Gasteiger partial charge is 0.481 e. The Balaban J connectivity index is 2.12. The number of nitrogens with zero attached hydrogens (tertiary/aromatic N) is 1. The van der Waals surface area contributed by atoms with Crippen molar-refractivity contribution in [2.75, 3.05) is 7.11 Å². The zero-order valence-corrected chi connectivity index (χ0v) is 16.3. The summed E-state index contributed by atoms with van der Waals surface area (Å²) >= 11 is 0. The van der Waals surface area contributed by atoms with E-state index in [9.17, 15) is 14.7 Å². The number of benzene rings is 1. The van der Waals surface area contributed by atoms with Crippen LogP contribution in [0.5, 0.6) is 5.88 Å². The molecule has 1 unspecified atom stereocenters.